The number of benzene rings is 6. The second-order valence-corrected chi connectivity index (χ2v) is 12.7. The lowest BCUT2D eigenvalue weighted by molar-refractivity contribution is 0.669. The summed E-state index contributed by atoms with van der Waals surface area (Å²) in [5, 5.41) is 2.22. The molecule has 0 atom stereocenters. The molecule has 0 aliphatic carbocycles. The molecule has 0 spiro atoms. The number of aryl methyl sites for hydroxylation is 2. The van der Waals surface area contributed by atoms with Crippen molar-refractivity contribution in [2.24, 2.45) is 0 Å². The molecule has 3 nitrogen and oxygen atoms in total. The van der Waals surface area contributed by atoms with Gasteiger partial charge in [0, 0.05) is 28.1 Å². The smallest absolute Gasteiger partial charge is 0.136 e. The summed E-state index contributed by atoms with van der Waals surface area (Å²) in [6.45, 7) is 4.36. The summed E-state index contributed by atoms with van der Waals surface area (Å²) in [7, 11) is 0. The van der Waals surface area contributed by atoms with Gasteiger partial charge in [-0.3, -0.25) is 4.98 Å². The van der Waals surface area contributed by atoms with Crippen molar-refractivity contribution < 1.29 is 4.42 Å². The molecule has 0 aliphatic heterocycles. The summed E-state index contributed by atoms with van der Waals surface area (Å²) in [6.07, 6.45) is 1.84. The molecule has 0 unspecified atom stereocenters. The molecule has 6 aromatic carbocycles. The number of aromatic nitrogens is 2. The number of hydrogen-bond donors (Lipinski definition) is 0. The Labute approximate surface area is 285 Å². The molecule has 0 bridgehead atoms. The minimum atomic E-state index is 0.876. The number of nitrogens with zero attached hydrogens (tertiary/aromatic N) is 2. The third-order valence-corrected chi connectivity index (χ3v) is 9.62. The Hall–Kier alpha value is -6.32. The maximum absolute atomic E-state index is 6.45. The molecule has 232 valence electrons. The number of pyridine rings is 2. The zero-order valence-corrected chi connectivity index (χ0v) is 27.3. The molecule has 3 heterocycles. The van der Waals surface area contributed by atoms with Crippen molar-refractivity contribution in [3.05, 3.63) is 169 Å². The molecule has 3 aromatic heterocycles. The van der Waals surface area contributed by atoms with E-state index in [-0.39, 0.29) is 0 Å². The summed E-state index contributed by atoms with van der Waals surface area (Å²) in [4.78, 5) is 9.74. The summed E-state index contributed by atoms with van der Waals surface area (Å²) in [6, 6.07) is 53.5. The fourth-order valence-electron chi connectivity index (χ4n) is 7.11. The van der Waals surface area contributed by atoms with Gasteiger partial charge in [0.05, 0.1) is 16.7 Å². The summed E-state index contributed by atoms with van der Waals surface area (Å²) in [5.41, 5.74) is 17.4. The number of furan rings is 1. The van der Waals surface area contributed by atoms with Crippen molar-refractivity contribution in [1.82, 2.24) is 9.97 Å². The Morgan fingerprint density at radius 2 is 1.16 bits per heavy atom. The highest BCUT2D eigenvalue weighted by Gasteiger charge is 2.16. The Balaban J connectivity index is 1.19. The topological polar surface area (TPSA) is 38.9 Å². The van der Waals surface area contributed by atoms with Crippen LogP contribution < -0.4 is 0 Å². The van der Waals surface area contributed by atoms with Crippen molar-refractivity contribution in [2.75, 3.05) is 0 Å². The van der Waals surface area contributed by atoms with E-state index in [1.807, 2.05) is 36.5 Å². The van der Waals surface area contributed by atoms with Gasteiger partial charge in [-0.25, -0.2) is 4.98 Å². The highest BCUT2D eigenvalue weighted by molar-refractivity contribution is 6.13. The van der Waals surface area contributed by atoms with Gasteiger partial charge < -0.3 is 4.42 Å². The van der Waals surface area contributed by atoms with Crippen molar-refractivity contribution in [2.45, 2.75) is 13.8 Å². The van der Waals surface area contributed by atoms with E-state index in [2.05, 4.69) is 135 Å². The Morgan fingerprint density at radius 3 is 2.04 bits per heavy atom. The fraction of sp³-hybridized carbons (Fsp3) is 0.0435. The third-order valence-electron chi connectivity index (χ3n) is 9.62. The van der Waals surface area contributed by atoms with Gasteiger partial charge in [0.2, 0.25) is 0 Å². The van der Waals surface area contributed by atoms with Crippen LogP contribution in [0.3, 0.4) is 0 Å². The van der Waals surface area contributed by atoms with Gasteiger partial charge in [0.15, 0.2) is 0 Å². The number of hydrogen-bond acceptors (Lipinski definition) is 3. The molecule has 49 heavy (non-hydrogen) atoms. The van der Waals surface area contributed by atoms with Crippen LogP contribution in [0.25, 0.3) is 88.7 Å². The monoisotopic (exact) mass is 628 g/mol. The van der Waals surface area contributed by atoms with Crippen molar-refractivity contribution >= 4 is 33.0 Å². The average Bonchev–Trinajstić information content (AvgIpc) is 3.54. The molecule has 0 radical (unpaired) electrons. The van der Waals surface area contributed by atoms with E-state index in [4.69, 9.17) is 14.4 Å². The zero-order valence-electron chi connectivity index (χ0n) is 27.3. The van der Waals surface area contributed by atoms with Crippen LogP contribution >= 0.6 is 0 Å². The normalized spacial score (nSPS) is 11.5. The largest absolute Gasteiger partial charge is 0.456 e. The van der Waals surface area contributed by atoms with E-state index in [1.54, 1.807) is 0 Å². The van der Waals surface area contributed by atoms with E-state index in [0.29, 0.717) is 0 Å². The van der Waals surface area contributed by atoms with Crippen LogP contribution in [0.5, 0.6) is 0 Å². The molecule has 0 saturated heterocycles. The first-order chi connectivity index (χ1) is 24.1. The van der Waals surface area contributed by atoms with Gasteiger partial charge in [0.1, 0.15) is 11.2 Å². The van der Waals surface area contributed by atoms with Crippen LogP contribution in [0.4, 0.5) is 0 Å². The lowest BCUT2D eigenvalue weighted by Gasteiger charge is -2.12. The quantitative estimate of drug-likeness (QED) is 0.190. The molecular formula is C46H32N2O. The Kier molecular flexibility index (Phi) is 6.91. The Morgan fingerprint density at radius 1 is 0.449 bits per heavy atom. The molecule has 0 fully saturated rings. The number of fused-ring (bicyclic) bond motifs is 4. The average molecular weight is 629 g/mol. The van der Waals surface area contributed by atoms with E-state index < -0.39 is 0 Å². The fourth-order valence-corrected chi connectivity index (χ4v) is 7.11. The maximum Gasteiger partial charge on any atom is 0.136 e. The van der Waals surface area contributed by atoms with Gasteiger partial charge in [-0.15, -0.1) is 0 Å². The second kappa shape index (κ2) is 11.7. The van der Waals surface area contributed by atoms with Crippen LogP contribution in [-0.4, -0.2) is 9.97 Å². The first-order valence-corrected chi connectivity index (χ1v) is 16.6. The van der Waals surface area contributed by atoms with Gasteiger partial charge in [-0.1, -0.05) is 103 Å². The molecule has 9 aromatic rings. The van der Waals surface area contributed by atoms with E-state index in [1.165, 1.54) is 27.8 Å². The summed E-state index contributed by atoms with van der Waals surface area (Å²) in [5.74, 6) is 0. The van der Waals surface area contributed by atoms with Crippen molar-refractivity contribution in [3.8, 4) is 55.8 Å². The minimum absolute atomic E-state index is 0.876. The minimum Gasteiger partial charge on any atom is -0.456 e. The van der Waals surface area contributed by atoms with Gasteiger partial charge in [0.25, 0.3) is 0 Å². The third kappa shape index (κ3) is 5.08. The lowest BCUT2D eigenvalue weighted by Crippen LogP contribution is -1.92. The predicted octanol–water partition coefficient (Wildman–Crippen LogP) is 12.5. The molecule has 9 rings (SSSR count). The highest BCUT2D eigenvalue weighted by Crippen LogP contribution is 2.41. The molecule has 0 N–H and O–H groups in total. The van der Waals surface area contributed by atoms with Crippen molar-refractivity contribution in [1.29, 1.82) is 0 Å². The molecular weight excluding hydrogens is 597 g/mol. The molecule has 0 amide bonds. The highest BCUT2D eigenvalue weighted by atomic mass is 16.3. The van der Waals surface area contributed by atoms with Gasteiger partial charge >= 0.3 is 0 Å². The lowest BCUT2D eigenvalue weighted by atomic mass is 9.92. The van der Waals surface area contributed by atoms with Crippen molar-refractivity contribution in [3.63, 3.8) is 0 Å². The molecule has 0 saturated carbocycles. The summed E-state index contributed by atoms with van der Waals surface area (Å²) >= 11 is 0. The van der Waals surface area contributed by atoms with E-state index >= 15 is 0 Å². The molecule has 0 aliphatic rings. The first kappa shape index (κ1) is 28.9. The first-order valence-electron chi connectivity index (χ1n) is 16.6. The van der Waals surface area contributed by atoms with Crippen LogP contribution in [0.1, 0.15) is 11.1 Å². The van der Waals surface area contributed by atoms with Crippen LogP contribution in [0.2, 0.25) is 0 Å². The van der Waals surface area contributed by atoms with Crippen LogP contribution in [0.15, 0.2) is 162 Å². The maximum atomic E-state index is 6.45. The molecule has 3 heteroatoms. The van der Waals surface area contributed by atoms with Gasteiger partial charge in [-0.2, -0.15) is 0 Å². The van der Waals surface area contributed by atoms with Crippen LogP contribution in [-0.2, 0) is 0 Å². The zero-order chi connectivity index (χ0) is 32.9. The SMILES string of the molecule is Cc1ccccc1-c1cc(-c2ccc3oc4cccc(-c5cccc(-c6cc(-c7ccccc7)nc7cccnc67)c5)c4c3c2)ccc1C. The van der Waals surface area contributed by atoms with Crippen LogP contribution in [0, 0.1) is 13.8 Å². The van der Waals surface area contributed by atoms with E-state index in [0.717, 1.165) is 72.0 Å². The van der Waals surface area contributed by atoms with E-state index in [9.17, 15) is 0 Å². The summed E-state index contributed by atoms with van der Waals surface area (Å²) < 4.78 is 6.45. The van der Waals surface area contributed by atoms with Gasteiger partial charge in [-0.05, 0) is 112 Å². The second-order valence-electron chi connectivity index (χ2n) is 12.7. The number of rotatable bonds is 5. The Bertz CT molecular complexity index is 2690. The predicted molar refractivity (Wildman–Crippen MR) is 203 cm³/mol. The standard InChI is InChI=1S/C46H32N2O/c1-29-11-6-7-16-36(29)38-26-32(21-20-30(38)2)33-22-23-43-40(27-33)45-37(17-9-19-44(45)49-43)34-14-8-15-35(25-34)39-28-42(31-12-4-3-5-13-31)48-41-18-10-24-47-46(39)41/h3-28H,1-2H3.